The van der Waals surface area contributed by atoms with Crippen molar-refractivity contribution in [3.63, 3.8) is 0 Å². The molecule has 6 heteroatoms. The summed E-state index contributed by atoms with van der Waals surface area (Å²) < 4.78 is 6.92. The molecule has 1 aliphatic heterocycles. The summed E-state index contributed by atoms with van der Waals surface area (Å²) >= 11 is 0. The summed E-state index contributed by atoms with van der Waals surface area (Å²) in [5.41, 5.74) is 5.75. The van der Waals surface area contributed by atoms with Gasteiger partial charge in [-0.3, -0.25) is 0 Å². The van der Waals surface area contributed by atoms with Gasteiger partial charge in [-0.1, -0.05) is 0 Å². The molecule has 1 atom stereocenters. The van der Waals surface area contributed by atoms with Gasteiger partial charge in [0, 0.05) is 19.8 Å². The van der Waals surface area contributed by atoms with Crippen molar-refractivity contribution < 1.29 is 14.3 Å². The number of urea groups is 1. The van der Waals surface area contributed by atoms with Crippen LogP contribution in [-0.4, -0.2) is 40.7 Å². The Bertz CT molecular complexity index is 455. The molecule has 2 amide bonds. The van der Waals surface area contributed by atoms with E-state index in [1.807, 2.05) is 0 Å². The minimum Gasteiger partial charge on any atom is -0.459 e. The third-order valence-electron chi connectivity index (χ3n) is 3.22. The molecular weight excluding hydrogens is 234 g/mol. The first-order chi connectivity index (χ1) is 8.59. The molecule has 1 saturated heterocycles. The maximum absolute atomic E-state index is 11.8. The van der Waals surface area contributed by atoms with E-state index in [2.05, 4.69) is 0 Å². The van der Waals surface area contributed by atoms with E-state index in [4.69, 9.17) is 10.5 Å². The third kappa shape index (κ3) is 2.47. The molecule has 0 radical (unpaired) electrons. The van der Waals surface area contributed by atoms with Crippen molar-refractivity contribution in [3.8, 4) is 0 Å². The molecule has 1 aromatic rings. The molecule has 0 aromatic carbocycles. The number of ether oxygens (including phenoxy) is 1. The molecule has 6 nitrogen and oxygen atoms in total. The van der Waals surface area contributed by atoms with Gasteiger partial charge in [-0.05, 0) is 25.0 Å². The Morgan fingerprint density at radius 3 is 2.94 bits per heavy atom. The number of hydrogen-bond acceptors (Lipinski definition) is 3. The monoisotopic (exact) mass is 251 g/mol. The van der Waals surface area contributed by atoms with Crippen LogP contribution < -0.4 is 5.73 Å². The molecule has 2 heterocycles. The summed E-state index contributed by atoms with van der Waals surface area (Å²) in [4.78, 5) is 24.5. The van der Waals surface area contributed by atoms with Crippen LogP contribution in [-0.2, 0) is 11.8 Å². The minimum absolute atomic E-state index is 0.0910. The largest absolute Gasteiger partial charge is 0.459 e. The molecule has 2 rings (SSSR count). The molecule has 18 heavy (non-hydrogen) atoms. The summed E-state index contributed by atoms with van der Waals surface area (Å²) in [6.07, 6.45) is 3.50. The molecule has 98 valence electrons. The first-order valence-corrected chi connectivity index (χ1v) is 5.94. The fourth-order valence-corrected chi connectivity index (χ4v) is 2.22. The molecule has 0 spiro atoms. The van der Waals surface area contributed by atoms with Gasteiger partial charge in [-0.25, -0.2) is 9.59 Å². The Kier molecular flexibility index (Phi) is 3.55. The zero-order valence-corrected chi connectivity index (χ0v) is 10.3. The number of likely N-dealkylation sites (tertiary alicyclic amines) is 1. The predicted molar refractivity (Wildman–Crippen MR) is 65.0 cm³/mol. The fourth-order valence-electron chi connectivity index (χ4n) is 2.22. The average molecular weight is 251 g/mol. The van der Waals surface area contributed by atoms with Gasteiger partial charge in [-0.15, -0.1) is 0 Å². The number of carbonyl (C=O) groups excluding carboxylic acids is 2. The van der Waals surface area contributed by atoms with Crippen LogP contribution in [0.25, 0.3) is 0 Å². The molecule has 2 N–H and O–H groups in total. The highest BCUT2D eigenvalue weighted by Gasteiger charge is 2.28. The van der Waals surface area contributed by atoms with Gasteiger partial charge in [0.2, 0.25) is 0 Å². The van der Waals surface area contributed by atoms with Crippen LogP contribution in [0.2, 0.25) is 0 Å². The molecule has 1 aliphatic rings. The number of nitrogens with zero attached hydrogens (tertiary/aromatic N) is 2. The van der Waals surface area contributed by atoms with Gasteiger partial charge in [0.05, 0.1) is 6.04 Å². The van der Waals surface area contributed by atoms with Gasteiger partial charge >= 0.3 is 12.0 Å². The summed E-state index contributed by atoms with van der Waals surface area (Å²) in [7, 11) is 1.78. The highest BCUT2D eigenvalue weighted by molar-refractivity contribution is 5.87. The maximum Gasteiger partial charge on any atom is 0.355 e. The Hall–Kier alpha value is -1.98. The number of primary amides is 1. The van der Waals surface area contributed by atoms with E-state index in [0.29, 0.717) is 12.2 Å². The third-order valence-corrected chi connectivity index (χ3v) is 3.22. The van der Waals surface area contributed by atoms with E-state index in [9.17, 15) is 9.59 Å². The number of esters is 1. The smallest absolute Gasteiger partial charge is 0.355 e. The Labute approximate surface area is 105 Å². The molecular formula is C12H17N3O3. The predicted octanol–water partition coefficient (Wildman–Crippen LogP) is 0.725. The fraction of sp³-hybridized carbons (Fsp3) is 0.500. The minimum atomic E-state index is -0.451. The average Bonchev–Trinajstić information content (AvgIpc) is 2.94. The molecule has 0 aliphatic carbocycles. The van der Waals surface area contributed by atoms with Gasteiger partial charge < -0.3 is 19.9 Å². The summed E-state index contributed by atoms with van der Waals surface area (Å²) in [5.74, 6) is -0.376. The van der Waals surface area contributed by atoms with E-state index in [1.165, 1.54) is 0 Å². The highest BCUT2D eigenvalue weighted by Crippen LogP contribution is 2.17. The van der Waals surface area contributed by atoms with E-state index >= 15 is 0 Å². The first-order valence-electron chi connectivity index (χ1n) is 5.94. The van der Waals surface area contributed by atoms with Crippen LogP contribution >= 0.6 is 0 Å². The lowest BCUT2D eigenvalue weighted by molar-refractivity contribution is 0.0411. The van der Waals surface area contributed by atoms with Crippen molar-refractivity contribution in [3.05, 3.63) is 24.0 Å². The van der Waals surface area contributed by atoms with Crippen molar-refractivity contribution in [1.29, 1.82) is 0 Å². The lowest BCUT2D eigenvalue weighted by Gasteiger charge is -2.22. The lowest BCUT2D eigenvalue weighted by Crippen LogP contribution is -2.42. The standard InChI is InChI=1S/C12H17N3O3/c1-14-6-3-5-10(14)11(16)18-8-9-4-2-7-15(9)12(13)17/h3,5-6,9H,2,4,7-8H2,1H3,(H2,13,17). The van der Waals surface area contributed by atoms with E-state index in [1.54, 1.807) is 34.8 Å². The number of amides is 2. The normalized spacial score (nSPS) is 18.9. The second-order valence-electron chi connectivity index (χ2n) is 4.43. The molecule has 0 bridgehead atoms. The second-order valence-corrected chi connectivity index (χ2v) is 4.43. The van der Waals surface area contributed by atoms with Gasteiger partial charge in [0.25, 0.3) is 0 Å². The molecule has 1 fully saturated rings. The van der Waals surface area contributed by atoms with Crippen molar-refractivity contribution >= 4 is 12.0 Å². The zero-order valence-electron chi connectivity index (χ0n) is 10.3. The van der Waals surface area contributed by atoms with Crippen LogP contribution in [0.4, 0.5) is 4.79 Å². The zero-order chi connectivity index (χ0) is 13.1. The molecule has 0 saturated carbocycles. The SMILES string of the molecule is Cn1cccc1C(=O)OCC1CCCN1C(N)=O. The lowest BCUT2D eigenvalue weighted by atomic mass is 10.2. The number of aromatic nitrogens is 1. The first kappa shape index (κ1) is 12.5. The van der Waals surface area contributed by atoms with Crippen molar-refractivity contribution in [2.75, 3.05) is 13.2 Å². The number of nitrogens with two attached hydrogens (primary N) is 1. The second kappa shape index (κ2) is 5.12. The van der Waals surface area contributed by atoms with Crippen molar-refractivity contribution in [1.82, 2.24) is 9.47 Å². The van der Waals surface area contributed by atoms with E-state index < -0.39 is 6.03 Å². The summed E-state index contributed by atoms with van der Waals surface area (Å²) in [6.45, 7) is 0.842. The van der Waals surface area contributed by atoms with Crippen LogP contribution in [0.5, 0.6) is 0 Å². The highest BCUT2D eigenvalue weighted by atomic mass is 16.5. The maximum atomic E-state index is 11.8. The Morgan fingerprint density at radius 1 is 1.56 bits per heavy atom. The number of aryl methyl sites for hydroxylation is 1. The van der Waals surface area contributed by atoms with Gasteiger partial charge in [0.1, 0.15) is 12.3 Å². The Balaban J connectivity index is 1.90. The molecule has 1 aromatic heterocycles. The van der Waals surface area contributed by atoms with Crippen LogP contribution in [0.15, 0.2) is 18.3 Å². The van der Waals surface area contributed by atoms with Gasteiger partial charge in [0.15, 0.2) is 0 Å². The van der Waals surface area contributed by atoms with Crippen LogP contribution in [0.3, 0.4) is 0 Å². The van der Waals surface area contributed by atoms with E-state index in [0.717, 1.165) is 12.8 Å². The Morgan fingerprint density at radius 2 is 2.33 bits per heavy atom. The number of carbonyl (C=O) groups is 2. The molecule has 1 unspecified atom stereocenters. The quantitative estimate of drug-likeness (QED) is 0.804. The van der Waals surface area contributed by atoms with Crippen molar-refractivity contribution in [2.24, 2.45) is 12.8 Å². The van der Waals surface area contributed by atoms with E-state index in [-0.39, 0.29) is 18.6 Å². The van der Waals surface area contributed by atoms with Crippen LogP contribution in [0.1, 0.15) is 23.3 Å². The summed E-state index contributed by atoms with van der Waals surface area (Å²) in [5, 5.41) is 0. The number of rotatable bonds is 3. The van der Waals surface area contributed by atoms with Gasteiger partial charge in [-0.2, -0.15) is 0 Å². The number of hydrogen-bond donors (Lipinski definition) is 1. The summed E-state index contributed by atoms with van der Waals surface area (Å²) in [6, 6.07) is 2.93. The van der Waals surface area contributed by atoms with Crippen molar-refractivity contribution in [2.45, 2.75) is 18.9 Å². The van der Waals surface area contributed by atoms with Crippen LogP contribution in [0, 0.1) is 0 Å². The topological polar surface area (TPSA) is 77.6 Å².